The van der Waals surface area contributed by atoms with E-state index < -0.39 is 11.9 Å². The first-order valence-electron chi connectivity index (χ1n) is 9.23. The third-order valence-electron chi connectivity index (χ3n) is 4.57. The molecular formula is C19H25NO8. The molecule has 2 aliphatic heterocycles. The summed E-state index contributed by atoms with van der Waals surface area (Å²) in [4.78, 5) is 31.3. The first-order valence-corrected chi connectivity index (χ1v) is 9.23. The molecule has 0 spiro atoms. The average Bonchev–Trinajstić information content (AvgIpc) is 2.69. The van der Waals surface area contributed by atoms with Crippen LogP contribution in [-0.4, -0.2) is 62.0 Å². The predicted octanol–water partition coefficient (Wildman–Crippen LogP) is -1.49. The van der Waals surface area contributed by atoms with E-state index in [1.54, 1.807) is 0 Å². The Morgan fingerprint density at radius 1 is 1.21 bits per heavy atom. The van der Waals surface area contributed by atoms with Crippen molar-refractivity contribution in [2.24, 2.45) is 5.92 Å². The van der Waals surface area contributed by atoms with Gasteiger partial charge in [-0.2, -0.15) is 0 Å². The van der Waals surface area contributed by atoms with Gasteiger partial charge < -0.3 is 34.1 Å². The highest BCUT2D eigenvalue weighted by molar-refractivity contribution is 6.26. The number of carbonyl (C=O) groups is 3. The number of hydrogen-bond donors (Lipinski definition) is 2. The van der Waals surface area contributed by atoms with Crippen molar-refractivity contribution in [2.45, 2.75) is 25.9 Å². The second-order valence-electron chi connectivity index (χ2n) is 6.57. The van der Waals surface area contributed by atoms with Crippen LogP contribution >= 0.6 is 0 Å². The van der Waals surface area contributed by atoms with Gasteiger partial charge in [-0.05, 0) is 19.1 Å². The number of para-hydroxylation sites is 2. The number of benzene rings is 1. The van der Waals surface area contributed by atoms with E-state index >= 15 is 0 Å². The number of likely N-dealkylation sites (tertiary alicyclic amines) is 1. The Morgan fingerprint density at radius 3 is 2.39 bits per heavy atom. The Morgan fingerprint density at radius 2 is 1.82 bits per heavy atom. The van der Waals surface area contributed by atoms with E-state index in [1.165, 1.54) is 4.90 Å². The van der Waals surface area contributed by atoms with Crippen LogP contribution in [0, 0.1) is 5.92 Å². The van der Waals surface area contributed by atoms with Gasteiger partial charge in [0.1, 0.15) is 13.2 Å². The molecule has 0 radical (unpaired) electrons. The van der Waals surface area contributed by atoms with Gasteiger partial charge in [-0.15, -0.1) is 0 Å². The number of quaternary nitrogens is 1. The zero-order valence-corrected chi connectivity index (χ0v) is 15.7. The zero-order valence-electron chi connectivity index (χ0n) is 15.7. The molecule has 9 nitrogen and oxygen atoms in total. The van der Waals surface area contributed by atoms with Crippen LogP contribution in [-0.2, 0) is 19.1 Å². The third kappa shape index (κ3) is 6.41. The molecule has 1 saturated heterocycles. The van der Waals surface area contributed by atoms with Gasteiger partial charge in [-0.3, -0.25) is 4.79 Å². The zero-order chi connectivity index (χ0) is 20.5. The van der Waals surface area contributed by atoms with Crippen LogP contribution in [0.5, 0.6) is 11.5 Å². The first kappa shape index (κ1) is 21.5. The number of rotatable bonds is 4. The van der Waals surface area contributed by atoms with Crippen LogP contribution in [0.1, 0.15) is 19.8 Å². The van der Waals surface area contributed by atoms with Crippen LogP contribution < -0.4 is 19.5 Å². The van der Waals surface area contributed by atoms with E-state index in [-0.39, 0.29) is 18.0 Å². The average molecular weight is 395 g/mol. The maximum absolute atomic E-state index is 11.8. The van der Waals surface area contributed by atoms with Crippen molar-refractivity contribution >= 4 is 17.9 Å². The van der Waals surface area contributed by atoms with Crippen molar-refractivity contribution in [3.8, 4) is 11.5 Å². The highest BCUT2D eigenvalue weighted by Crippen LogP contribution is 2.30. The topological polar surface area (TPSA) is 127 Å². The molecule has 0 bridgehead atoms. The minimum absolute atomic E-state index is 0.0345. The Hall–Kier alpha value is -2.81. The second kappa shape index (κ2) is 10.5. The minimum atomic E-state index is -2.07. The van der Waals surface area contributed by atoms with Gasteiger partial charge in [0.25, 0.3) is 0 Å². The summed E-state index contributed by atoms with van der Waals surface area (Å²) in [6, 6.07) is 7.79. The Kier molecular flexibility index (Phi) is 8.06. The minimum Gasteiger partial charge on any atom is -0.539 e. The quantitative estimate of drug-likeness (QED) is 0.466. The van der Waals surface area contributed by atoms with Gasteiger partial charge in [-0.1, -0.05) is 12.1 Å². The maximum atomic E-state index is 11.8. The fourth-order valence-corrected chi connectivity index (χ4v) is 3.21. The molecule has 0 aromatic heterocycles. The van der Waals surface area contributed by atoms with Gasteiger partial charge >= 0.3 is 11.9 Å². The first-order chi connectivity index (χ1) is 13.4. The van der Waals surface area contributed by atoms with Crippen LogP contribution in [0.3, 0.4) is 0 Å². The van der Waals surface area contributed by atoms with E-state index in [4.69, 9.17) is 34.0 Å². The molecule has 2 N–H and O–H groups in total. The molecule has 0 saturated carbocycles. The van der Waals surface area contributed by atoms with Gasteiger partial charge in [0, 0.05) is 12.8 Å². The predicted molar refractivity (Wildman–Crippen MR) is 93.9 cm³/mol. The van der Waals surface area contributed by atoms with Crippen molar-refractivity contribution in [1.82, 2.24) is 0 Å². The molecule has 1 atom stereocenters. The molecule has 2 heterocycles. The maximum Gasteiger partial charge on any atom is 0.351 e. The fourth-order valence-electron chi connectivity index (χ4n) is 3.21. The highest BCUT2D eigenvalue weighted by Gasteiger charge is 2.31. The number of esters is 1. The van der Waals surface area contributed by atoms with E-state index in [0.717, 1.165) is 44.0 Å². The lowest BCUT2D eigenvalue weighted by atomic mass is 9.97. The number of carboxylic acids is 2. The Labute approximate surface area is 162 Å². The summed E-state index contributed by atoms with van der Waals surface area (Å²) in [7, 11) is 0. The molecule has 1 aromatic carbocycles. The van der Waals surface area contributed by atoms with Crippen LogP contribution in [0.4, 0.5) is 0 Å². The van der Waals surface area contributed by atoms with E-state index in [9.17, 15) is 4.79 Å². The van der Waals surface area contributed by atoms with Crippen molar-refractivity contribution in [3.63, 3.8) is 0 Å². The van der Waals surface area contributed by atoms with E-state index in [1.807, 2.05) is 31.2 Å². The van der Waals surface area contributed by atoms with E-state index in [0.29, 0.717) is 13.2 Å². The summed E-state index contributed by atoms with van der Waals surface area (Å²) in [6.45, 7) is 5.83. The standard InChI is InChI=1S/C17H23NO4.C2H2O4/c1-2-20-17(19)13-7-9-18(10-8-13)11-14-12-21-15-5-3-4-6-16(15)22-14;3-1(4)2(5)6/h3-6,13-14H,2,7-12H2,1H3;(H,3,4)(H,5,6). The van der Waals surface area contributed by atoms with E-state index in [2.05, 4.69) is 0 Å². The van der Waals surface area contributed by atoms with Crippen LogP contribution in [0.25, 0.3) is 0 Å². The third-order valence-corrected chi connectivity index (χ3v) is 4.57. The molecule has 3 rings (SSSR count). The molecular weight excluding hydrogens is 370 g/mol. The molecule has 1 fully saturated rings. The number of ether oxygens (including phenoxy) is 3. The Balaban J connectivity index is 0.000000409. The molecule has 2 aliphatic rings. The number of nitrogens with one attached hydrogen (secondary N) is 1. The number of fused-ring (bicyclic) bond motifs is 1. The molecule has 28 heavy (non-hydrogen) atoms. The smallest absolute Gasteiger partial charge is 0.351 e. The summed E-state index contributed by atoms with van der Waals surface area (Å²) in [6.07, 6.45) is 1.89. The summed E-state index contributed by atoms with van der Waals surface area (Å²) in [5.74, 6) is -2.31. The molecule has 9 heteroatoms. The van der Waals surface area contributed by atoms with Gasteiger partial charge in [0.15, 0.2) is 23.6 Å². The molecule has 0 amide bonds. The summed E-state index contributed by atoms with van der Waals surface area (Å²) in [5, 5.41) is 16.3. The van der Waals surface area contributed by atoms with Gasteiger partial charge in [0.05, 0.1) is 25.6 Å². The summed E-state index contributed by atoms with van der Waals surface area (Å²) < 4.78 is 16.9. The van der Waals surface area contributed by atoms with Crippen LogP contribution in [0.2, 0.25) is 0 Å². The molecule has 154 valence electrons. The van der Waals surface area contributed by atoms with Gasteiger partial charge in [0.2, 0.25) is 0 Å². The number of hydrogen-bond acceptors (Lipinski definition) is 7. The highest BCUT2D eigenvalue weighted by atomic mass is 16.6. The normalized spacial score (nSPS) is 23.0. The van der Waals surface area contributed by atoms with Crippen LogP contribution in [0.15, 0.2) is 24.3 Å². The largest absolute Gasteiger partial charge is 0.539 e. The lowest BCUT2D eigenvalue weighted by Gasteiger charge is -2.32. The summed E-state index contributed by atoms with van der Waals surface area (Å²) in [5.41, 5.74) is 0. The lowest BCUT2D eigenvalue weighted by molar-refractivity contribution is -0.908. The van der Waals surface area contributed by atoms with Crippen molar-refractivity contribution in [3.05, 3.63) is 24.3 Å². The van der Waals surface area contributed by atoms with Crippen molar-refractivity contribution in [1.29, 1.82) is 0 Å². The fraction of sp³-hybridized carbons (Fsp3) is 0.526. The molecule has 1 unspecified atom stereocenters. The van der Waals surface area contributed by atoms with Crippen molar-refractivity contribution < 1.29 is 43.7 Å². The Bertz CT molecular complexity index is 672. The number of carboxylic acid groups (broad SMARTS) is 2. The second-order valence-corrected chi connectivity index (χ2v) is 6.57. The van der Waals surface area contributed by atoms with Gasteiger partial charge in [-0.25, -0.2) is 4.79 Å². The number of aliphatic carboxylic acids is 2. The SMILES string of the molecule is CCOC(=O)C1CC[NH+](CC2COc3ccccc3O2)CC1.O=C([O-])C(=O)O. The molecule has 0 aliphatic carbocycles. The van der Waals surface area contributed by atoms with Crippen molar-refractivity contribution in [2.75, 3.05) is 32.8 Å². The number of piperidine rings is 1. The summed E-state index contributed by atoms with van der Waals surface area (Å²) >= 11 is 0. The monoisotopic (exact) mass is 395 g/mol. The molecule has 1 aromatic rings. The number of carbonyl (C=O) groups excluding carboxylic acids is 2. The lowest BCUT2D eigenvalue weighted by Crippen LogP contribution is -3.14.